The molecule has 0 radical (unpaired) electrons. The van der Waals surface area contributed by atoms with Crippen LogP contribution in [0.25, 0.3) is 11.0 Å². The number of nitrogens with zero attached hydrogens (tertiary/aromatic N) is 4. The zero-order chi connectivity index (χ0) is 24.6. The highest BCUT2D eigenvalue weighted by Gasteiger charge is 2.47. The first-order chi connectivity index (χ1) is 16.9. The summed E-state index contributed by atoms with van der Waals surface area (Å²) < 4.78 is 5.82. The first kappa shape index (κ1) is 22.7. The van der Waals surface area contributed by atoms with Gasteiger partial charge in [-0.2, -0.15) is 15.0 Å². The Hall–Kier alpha value is -4.10. The van der Waals surface area contributed by atoms with E-state index in [-0.39, 0.29) is 15.6 Å². The summed E-state index contributed by atoms with van der Waals surface area (Å²) in [5, 5.41) is 31.1. The summed E-state index contributed by atoms with van der Waals surface area (Å²) in [5.41, 5.74) is 3.21. The summed E-state index contributed by atoms with van der Waals surface area (Å²) >= 11 is 6.51. The van der Waals surface area contributed by atoms with Gasteiger partial charge in [0, 0.05) is 22.5 Å². The molecule has 0 amide bonds. The van der Waals surface area contributed by atoms with E-state index in [9.17, 15) is 10.4 Å². The molecule has 2 atom stereocenters. The van der Waals surface area contributed by atoms with Gasteiger partial charge in [-0.25, -0.2) is 0 Å². The van der Waals surface area contributed by atoms with Gasteiger partial charge in [-0.1, -0.05) is 77.8 Å². The molecule has 35 heavy (non-hydrogen) atoms. The zero-order valence-corrected chi connectivity index (χ0v) is 19.9. The van der Waals surface area contributed by atoms with Gasteiger partial charge >= 0.3 is 0 Å². The molecule has 176 valence electrons. The average molecular weight is 487 g/mol. The Kier molecular flexibility index (Phi) is 5.78. The molecule has 0 spiro atoms. The van der Waals surface area contributed by atoms with Crippen LogP contribution in [-0.4, -0.2) is 37.9 Å². The van der Waals surface area contributed by atoms with Crippen LogP contribution in [-0.2, 0) is 5.54 Å². The SMILES string of the molecule is COc1ccccc1C(c1ccc(C)cc1)(C1C=C/C(=[N+](\[O-])O)C(Cl)=C1)n1nc2ccccc2n1. The van der Waals surface area contributed by atoms with Gasteiger partial charge in [0.2, 0.25) is 0 Å². The molecule has 1 aromatic heterocycles. The molecule has 3 aromatic carbocycles. The number of benzene rings is 3. The van der Waals surface area contributed by atoms with Crippen LogP contribution in [0.5, 0.6) is 5.75 Å². The van der Waals surface area contributed by atoms with E-state index in [1.807, 2.05) is 85.8 Å². The van der Waals surface area contributed by atoms with Crippen LogP contribution >= 0.6 is 11.6 Å². The Morgan fingerprint density at radius 2 is 1.63 bits per heavy atom. The van der Waals surface area contributed by atoms with Crippen molar-refractivity contribution in [2.75, 3.05) is 7.11 Å². The minimum absolute atomic E-state index is 0.0423. The molecule has 0 aliphatic heterocycles. The Bertz CT molecular complexity index is 1450. The maximum Gasteiger partial charge on any atom is 0.285 e. The third kappa shape index (κ3) is 3.74. The van der Waals surface area contributed by atoms with Gasteiger partial charge in [-0.15, -0.1) is 0 Å². The Labute approximate surface area is 207 Å². The second kappa shape index (κ2) is 8.92. The van der Waals surface area contributed by atoms with Gasteiger partial charge < -0.3 is 9.94 Å². The zero-order valence-electron chi connectivity index (χ0n) is 19.2. The molecule has 1 heterocycles. The summed E-state index contributed by atoms with van der Waals surface area (Å²) in [5.74, 6) is 0.203. The molecule has 8 heteroatoms. The first-order valence-electron chi connectivity index (χ1n) is 11.1. The molecule has 5 rings (SSSR count). The van der Waals surface area contributed by atoms with Gasteiger partial charge in [0.15, 0.2) is 0 Å². The maximum atomic E-state index is 11.6. The van der Waals surface area contributed by atoms with Crippen molar-refractivity contribution in [3.8, 4) is 5.75 Å². The van der Waals surface area contributed by atoms with E-state index in [4.69, 9.17) is 26.5 Å². The lowest BCUT2D eigenvalue weighted by molar-refractivity contribution is -0.725. The van der Waals surface area contributed by atoms with Gasteiger partial charge in [-0.05, 0) is 36.8 Å². The number of hydrogen-bond acceptors (Lipinski definition) is 5. The molecule has 1 N–H and O–H groups in total. The van der Waals surface area contributed by atoms with E-state index < -0.39 is 11.5 Å². The topological polar surface area (TPSA) is 86.2 Å². The predicted octanol–water partition coefficient (Wildman–Crippen LogP) is 5.19. The number of halogens is 1. The van der Waals surface area contributed by atoms with Gasteiger partial charge in [-0.3, -0.25) is 5.21 Å². The van der Waals surface area contributed by atoms with Crippen molar-refractivity contribution in [2.45, 2.75) is 12.5 Å². The van der Waals surface area contributed by atoms with E-state index in [2.05, 4.69) is 0 Å². The number of methoxy groups -OCH3 is 1. The molecule has 4 aromatic rings. The summed E-state index contributed by atoms with van der Waals surface area (Å²) in [6.07, 6.45) is 5.07. The average Bonchev–Trinajstić information content (AvgIpc) is 3.30. The minimum Gasteiger partial charge on any atom is -0.496 e. The van der Waals surface area contributed by atoms with Crippen molar-refractivity contribution < 1.29 is 14.8 Å². The van der Waals surface area contributed by atoms with Crippen molar-refractivity contribution in [1.82, 2.24) is 15.0 Å². The summed E-state index contributed by atoms with van der Waals surface area (Å²) in [6.45, 7) is 2.03. The van der Waals surface area contributed by atoms with E-state index in [0.717, 1.165) is 27.7 Å². The highest BCUT2D eigenvalue weighted by molar-refractivity contribution is 6.44. The van der Waals surface area contributed by atoms with Crippen LogP contribution in [0.3, 0.4) is 0 Å². The summed E-state index contributed by atoms with van der Waals surface area (Å²) in [6, 6.07) is 23.5. The van der Waals surface area contributed by atoms with E-state index in [1.54, 1.807) is 18.0 Å². The van der Waals surface area contributed by atoms with Gasteiger partial charge in [0.25, 0.3) is 5.71 Å². The molecule has 0 saturated carbocycles. The van der Waals surface area contributed by atoms with Crippen LogP contribution in [0.2, 0.25) is 0 Å². The number of ether oxygens (including phenoxy) is 1. The van der Waals surface area contributed by atoms with Crippen molar-refractivity contribution in [3.05, 3.63) is 118 Å². The van der Waals surface area contributed by atoms with E-state index >= 15 is 0 Å². The van der Waals surface area contributed by atoms with Crippen molar-refractivity contribution >= 4 is 28.3 Å². The molecule has 0 fully saturated rings. The predicted molar refractivity (Wildman–Crippen MR) is 135 cm³/mol. The Morgan fingerprint density at radius 1 is 1.00 bits per heavy atom. The fraction of sp³-hybridized carbons (Fsp3) is 0.148. The molecule has 2 unspecified atom stereocenters. The summed E-state index contributed by atoms with van der Waals surface area (Å²) in [4.78, 5) is 1.47. The Balaban J connectivity index is 1.91. The van der Waals surface area contributed by atoms with Crippen molar-refractivity contribution in [2.24, 2.45) is 5.92 Å². The highest BCUT2D eigenvalue weighted by atomic mass is 35.5. The van der Waals surface area contributed by atoms with Crippen LogP contribution < -0.4 is 4.74 Å². The number of aryl methyl sites for hydroxylation is 1. The normalized spacial score (nSPS) is 18.7. The fourth-order valence-corrected chi connectivity index (χ4v) is 4.93. The molecule has 1 aliphatic rings. The molecular formula is C27H23ClN4O3. The molecule has 1 aliphatic carbocycles. The maximum absolute atomic E-state index is 11.6. The molecule has 0 bridgehead atoms. The van der Waals surface area contributed by atoms with Gasteiger partial charge in [0.1, 0.15) is 27.4 Å². The van der Waals surface area contributed by atoms with Crippen LogP contribution in [0.15, 0.2) is 96.1 Å². The number of fused-ring (bicyclic) bond motifs is 1. The standard InChI is InChI=1S/C27H23ClN4O3/c1-18-11-13-19(14-12-18)27(21-7-3-6-10-26(21)35-2,20-15-16-25(31(33)34)22(28)17-20)32-29-23-8-4-5-9-24(23)30-32/h3-17,20H,1-2H3,(H,33,34). The monoisotopic (exact) mass is 486 g/mol. The largest absolute Gasteiger partial charge is 0.496 e. The third-order valence-corrected chi connectivity index (χ3v) is 6.65. The van der Waals surface area contributed by atoms with Gasteiger partial charge in [0.05, 0.1) is 7.11 Å². The second-order valence-electron chi connectivity index (χ2n) is 8.37. The van der Waals surface area contributed by atoms with E-state index in [0.29, 0.717) is 5.75 Å². The number of rotatable bonds is 5. The lowest BCUT2D eigenvalue weighted by atomic mass is 9.71. The summed E-state index contributed by atoms with van der Waals surface area (Å²) in [7, 11) is 1.62. The van der Waals surface area contributed by atoms with Crippen LogP contribution in [0.1, 0.15) is 16.7 Å². The molecular weight excluding hydrogens is 464 g/mol. The fourth-order valence-electron chi connectivity index (χ4n) is 4.66. The third-order valence-electron chi connectivity index (χ3n) is 6.33. The molecule has 7 nitrogen and oxygen atoms in total. The van der Waals surface area contributed by atoms with Crippen LogP contribution in [0.4, 0.5) is 0 Å². The first-order valence-corrected chi connectivity index (χ1v) is 11.4. The Morgan fingerprint density at radius 3 is 2.23 bits per heavy atom. The minimum atomic E-state index is -1.04. The smallest absolute Gasteiger partial charge is 0.285 e. The quantitative estimate of drug-likeness (QED) is 0.238. The van der Waals surface area contributed by atoms with Crippen molar-refractivity contribution in [1.29, 1.82) is 0 Å². The number of para-hydroxylation sites is 1. The van der Waals surface area contributed by atoms with Crippen molar-refractivity contribution in [3.63, 3.8) is 0 Å². The van der Waals surface area contributed by atoms with E-state index in [1.165, 1.54) is 6.08 Å². The number of hydrogen-bond donors (Lipinski definition) is 1. The number of allylic oxidation sites excluding steroid dienone is 4. The number of aromatic nitrogens is 3. The lowest BCUT2D eigenvalue weighted by Gasteiger charge is -2.40. The highest BCUT2D eigenvalue weighted by Crippen LogP contribution is 2.47. The molecule has 0 saturated heterocycles. The van der Waals surface area contributed by atoms with Crippen LogP contribution in [0, 0.1) is 18.0 Å². The second-order valence-corrected chi connectivity index (χ2v) is 8.78. The lowest BCUT2D eigenvalue weighted by Crippen LogP contribution is -2.45.